The van der Waals surface area contributed by atoms with Crippen LogP contribution in [0.5, 0.6) is 5.75 Å². The van der Waals surface area contributed by atoms with Crippen LogP contribution < -0.4 is 10.2 Å². The molecule has 9 nitrogen and oxygen atoms in total. The van der Waals surface area contributed by atoms with Gasteiger partial charge in [0.15, 0.2) is 12.4 Å². The monoisotopic (exact) mass is 481 g/mol. The summed E-state index contributed by atoms with van der Waals surface area (Å²) in [6, 6.07) is 8.91. The third-order valence-corrected chi connectivity index (χ3v) is 5.57. The van der Waals surface area contributed by atoms with E-state index in [1.807, 2.05) is 0 Å². The van der Waals surface area contributed by atoms with Gasteiger partial charge < -0.3 is 9.47 Å². The van der Waals surface area contributed by atoms with E-state index >= 15 is 0 Å². The molecule has 0 atom stereocenters. The maximum absolute atomic E-state index is 12.3. The van der Waals surface area contributed by atoms with Gasteiger partial charge in [-0.15, -0.1) is 11.3 Å². The molecule has 0 saturated carbocycles. The Hall–Kier alpha value is -3.21. The average molecular weight is 482 g/mol. The van der Waals surface area contributed by atoms with Gasteiger partial charge in [-0.2, -0.15) is 5.10 Å². The Morgan fingerprint density at radius 1 is 1.23 bits per heavy atom. The average Bonchev–Trinajstić information content (AvgIpc) is 3.16. The van der Waals surface area contributed by atoms with Gasteiger partial charge in [0, 0.05) is 22.2 Å². The minimum atomic E-state index is -0.587. The fraction of sp³-hybridized carbons (Fsp3) is 0.105. The van der Waals surface area contributed by atoms with Crippen LogP contribution in [0.1, 0.15) is 15.2 Å². The number of hydrazone groups is 1. The third-order valence-electron chi connectivity index (χ3n) is 3.90. The zero-order valence-corrected chi connectivity index (χ0v) is 18.1. The molecule has 31 heavy (non-hydrogen) atoms. The Morgan fingerprint density at radius 2 is 1.94 bits per heavy atom. The maximum Gasteiger partial charge on any atom is 0.343 e. The highest BCUT2D eigenvalue weighted by Gasteiger charge is 2.14. The standard InChI is InChI=1S/C19H13Cl2N3O6S/c1-29-17(25)9-30-18-13(20)4-10(5-14(18)21)8-22-23-19(26)16-7-11-6-12(24(27)28)2-3-15(11)31-16/h2-8H,9H2,1H3,(H,23,26). The second-order valence-electron chi connectivity index (χ2n) is 5.97. The van der Waals surface area contributed by atoms with Crippen LogP contribution >= 0.6 is 34.5 Å². The summed E-state index contributed by atoms with van der Waals surface area (Å²) in [6.45, 7) is -0.349. The number of methoxy groups -OCH3 is 1. The van der Waals surface area contributed by atoms with E-state index in [0.717, 1.165) is 4.70 Å². The Morgan fingerprint density at radius 3 is 2.58 bits per heavy atom. The Bertz CT molecular complexity index is 1190. The number of amides is 1. The molecule has 0 aliphatic rings. The van der Waals surface area contributed by atoms with Crippen molar-refractivity contribution in [3.8, 4) is 5.75 Å². The van der Waals surface area contributed by atoms with E-state index in [-0.39, 0.29) is 28.1 Å². The summed E-state index contributed by atoms with van der Waals surface area (Å²) in [5, 5.41) is 15.6. The Kier molecular flexibility index (Phi) is 7.06. The van der Waals surface area contributed by atoms with Crippen LogP contribution in [-0.2, 0) is 9.53 Å². The van der Waals surface area contributed by atoms with Crippen molar-refractivity contribution in [2.24, 2.45) is 5.10 Å². The highest BCUT2D eigenvalue weighted by atomic mass is 35.5. The number of nitrogens with one attached hydrogen (secondary N) is 1. The number of ether oxygens (including phenoxy) is 2. The highest BCUT2D eigenvalue weighted by Crippen LogP contribution is 2.34. The van der Waals surface area contributed by atoms with E-state index in [1.165, 1.54) is 48.9 Å². The van der Waals surface area contributed by atoms with Crippen molar-refractivity contribution in [2.75, 3.05) is 13.7 Å². The number of nitro groups is 1. The quantitative estimate of drug-likeness (QED) is 0.230. The molecule has 1 aromatic heterocycles. The zero-order chi connectivity index (χ0) is 22.5. The number of nitrogens with zero attached hydrogens (tertiary/aromatic N) is 2. The number of carbonyl (C=O) groups is 2. The lowest BCUT2D eigenvalue weighted by Crippen LogP contribution is -2.16. The first-order chi connectivity index (χ1) is 14.8. The molecule has 1 N–H and O–H groups in total. The third kappa shape index (κ3) is 5.48. The summed E-state index contributed by atoms with van der Waals surface area (Å²) < 4.78 is 10.5. The number of carbonyl (C=O) groups excluding carboxylic acids is 2. The molecule has 0 saturated heterocycles. The minimum absolute atomic E-state index is 0.0527. The van der Waals surface area contributed by atoms with E-state index in [9.17, 15) is 19.7 Å². The summed E-state index contributed by atoms with van der Waals surface area (Å²) >= 11 is 13.4. The van der Waals surface area contributed by atoms with Crippen molar-refractivity contribution in [1.82, 2.24) is 5.43 Å². The van der Waals surface area contributed by atoms with Gasteiger partial charge in [-0.1, -0.05) is 23.2 Å². The molecule has 0 aliphatic heterocycles. The van der Waals surface area contributed by atoms with Crippen LogP contribution in [0.4, 0.5) is 5.69 Å². The lowest BCUT2D eigenvalue weighted by atomic mass is 10.2. The molecule has 0 spiro atoms. The molecule has 1 heterocycles. The largest absolute Gasteiger partial charge is 0.479 e. The number of hydrogen-bond donors (Lipinski definition) is 1. The molecule has 1 amide bonds. The van der Waals surface area contributed by atoms with E-state index < -0.39 is 16.8 Å². The fourth-order valence-corrected chi connectivity index (χ4v) is 4.00. The van der Waals surface area contributed by atoms with E-state index in [4.69, 9.17) is 27.9 Å². The van der Waals surface area contributed by atoms with Gasteiger partial charge in [-0.25, -0.2) is 10.2 Å². The van der Waals surface area contributed by atoms with Crippen molar-refractivity contribution in [3.05, 3.63) is 67.0 Å². The number of hydrogen-bond acceptors (Lipinski definition) is 8. The van der Waals surface area contributed by atoms with Crippen LogP contribution in [0.25, 0.3) is 10.1 Å². The highest BCUT2D eigenvalue weighted by molar-refractivity contribution is 7.20. The molecular weight excluding hydrogens is 469 g/mol. The Balaban J connectivity index is 1.68. The smallest absolute Gasteiger partial charge is 0.343 e. The summed E-state index contributed by atoms with van der Waals surface area (Å²) in [5.74, 6) is -0.944. The number of rotatable bonds is 7. The van der Waals surface area contributed by atoms with E-state index in [2.05, 4.69) is 15.3 Å². The van der Waals surface area contributed by atoms with Crippen LogP contribution in [-0.4, -0.2) is 36.7 Å². The molecule has 160 valence electrons. The summed E-state index contributed by atoms with van der Waals surface area (Å²) in [7, 11) is 1.23. The number of non-ortho nitro benzene ring substituents is 1. The number of benzene rings is 2. The molecule has 0 fully saturated rings. The van der Waals surface area contributed by atoms with Crippen molar-refractivity contribution in [2.45, 2.75) is 0 Å². The summed E-state index contributed by atoms with van der Waals surface area (Å²) in [4.78, 5) is 34.2. The predicted octanol–water partition coefficient (Wildman–Crippen LogP) is 4.43. The molecule has 0 bridgehead atoms. The second-order valence-corrected chi connectivity index (χ2v) is 7.87. The zero-order valence-electron chi connectivity index (χ0n) is 15.8. The Labute approximate surface area is 189 Å². The summed E-state index contributed by atoms with van der Waals surface area (Å²) in [5.41, 5.74) is 2.80. The normalized spacial score (nSPS) is 10.9. The molecule has 3 aromatic rings. The lowest BCUT2D eigenvalue weighted by molar-refractivity contribution is -0.384. The first-order valence-electron chi connectivity index (χ1n) is 8.48. The van der Waals surface area contributed by atoms with Crippen LogP contribution in [0.3, 0.4) is 0 Å². The molecule has 0 unspecified atom stereocenters. The lowest BCUT2D eigenvalue weighted by Gasteiger charge is -2.09. The first kappa shape index (κ1) is 22.5. The molecule has 2 aromatic carbocycles. The van der Waals surface area contributed by atoms with Gasteiger partial charge in [-0.3, -0.25) is 14.9 Å². The maximum atomic E-state index is 12.3. The van der Waals surface area contributed by atoms with Crippen molar-refractivity contribution < 1.29 is 24.0 Å². The van der Waals surface area contributed by atoms with E-state index in [1.54, 1.807) is 12.1 Å². The molecule has 0 aliphatic carbocycles. The first-order valence-corrected chi connectivity index (χ1v) is 10.1. The minimum Gasteiger partial charge on any atom is -0.479 e. The number of thiophene rings is 1. The predicted molar refractivity (Wildman–Crippen MR) is 118 cm³/mol. The van der Waals surface area contributed by atoms with Crippen LogP contribution in [0.2, 0.25) is 10.0 Å². The van der Waals surface area contributed by atoms with Gasteiger partial charge in [0.05, 0.1) is 33.2 Å². The van der Waals surface area contributed by atoms with Gasteiger partial charge in [0.25, 0.3) is 11.6 Å². The topological polar surface area (TPSA) is 120 Å². The van der Waals surface area contributed by atoms with Crippen LogP contribution in [0, 0.1) is 10.1 Å². The SMILES string of the molecule is COC(=O)COc1c(Cl)cc(C=NNC(=O)c2cc3cc([N+](=O)[O-])ccc3s2)cc1Cl. The van der Waals surface area contributed by atoms with Crippen molar-refractivity contribution >= 4 is 68.4 Å². The second kappa shape index (κ2) is 9.73. The number of fused-ring (bicyclic) bond motifs is 1. The molecule has 12 heteroatoms. The number of halogens is 2. The van der Waals surface area contributed by atoms with Crippen molar-refractivity contribution in [3.63, 3.8) is 0 Å². The fourth-order valence-electron chi connectivity index (χ4n) is 2.46. The van der Waals surface area contributed by atoms with Gasteiger partial charge in [0.2, 0.25) is 0 Å². The van der Waals surface area contributed by atoms with Gasteiger partial charge >= 0.3 is 5.97 Å². The van der Waals surface area contributed by atoms with Crippen molar-refractivity contribution in [1.29, 1.82) is 0 Å². The molecular formula is C19H13Cl2N3O6S. The van der Waals surface area contributed by atoms with Gasteiger partial charge in [-0.05, 0) is 29.8 Å². The van der Waals surface area contributed by atoms with E-state index in [0.29, 0.717) is 15.8 Å². The number of nitro benzene ring substituents is 1. The summed E-state index contributed by atoms with van der Waals surface area (Å²) in [6.07, 6.45) is 1.33. The molecule has 3 rings (SSSR count). The van der Waals surface area contributed by atoms with Gasteiger partial charge in [0.1, 0.15) is 0 Å². The van der Waals surface area contributed by atoms with Crippen LogP contribution in [0.15, 0.2) is 41.5 Å². The number of esters is 1. The molecule has 0 radical (unpaired) electrons.